The summed E-state index contributed by atoms with van der Waals surface area (Å²) in [4.78, 5) is 5.76. The lowest BCUT2D eigenvalue weighted by Gasteiger charge is -2.11. The van der Waals surface area contributed by atoms with E-state index in [1.54, 1.807) is 24.5 Å². The fourth-order valence-corrected chi connectivity index (χ4v) is 3.35. The molecular formula is C16H18NOS+. The van der Waals surface area contributed by atoms with E-state index >= 15 is 0 Å². The van der Waals surface area contributed by atoms with E-state index in [9.17, 15) is 0 Å². The topological polar surface area (TPSA) is 22.1 Å². The zero-order valence-electron chi connectivity index (χ0n) is 11.8. The molecule has 19 heavy (non-hydrogen) atoms. The van der Waals surface area contributed by atoms with Gasteiger partial charge in [-0.05, 0) is 44.1 Å². The van der Waals surface area contributed by atoms with Crippen LogP contribution in [0.3, 0.4) is 0 Å². The van der Waals surface area contributed by atoms with E-state index < -0.39 is 0 Å². The van der Waals surface area contributed by atoms with Crippen LogP contribution in [-0.2, 0) is 0 Å². The summed E-state index contributed by atoms with van der Waals surface area (Å²) in [6, 6.07) is 0. The van der Waals surface area contributed by atoms with E-state index in [2.05, 4.69) is 33.9 Å². The number of methoxy groups -OCH3 is 1. The van der Waals surface area contributed by atoms with Gasteiger partial charge in [-0.2, -0.15) is 0 Å². The lowest BCUT2D eigenvalue weighted by molar-refractivity contribution is 0.409. The highest BCUT2D eigenvalue weighted by atomic mass is 32.1. The second kappa shape index (κ2) is 5.10. The van der Waals surface area contributed by atoms with Gasteiger partial charge in [-0.3, -0.25) is 0 Å². The molecule has 1 heterocycles. The average molecular weight is 272 g/mol. The van der Waals surface area contributed by atoms with Crippen LogP contribution in [0.1, 0.15) is 27.3 Å². The fourth-order valence-electron chi connectivity index (χ4n) is 2.28. The minimum Gasteiger partial charge on any atom is -0.496 e. The van der Waals surface area contributed by atoms with Crippen molar-refractivity contribution in [3.8, 4) is 5.75 Å². The van der Waals surface area contributed by atoms with Crippen LogP contribution in [0.2, 0.25) is 0 Å². The first-order chi connectivity index (χ1) is 9.04. The fraction of sp³-hybridized carbons (Fsp3) is 0.250. The number of ether oxygens (including phenoxy) is 1. The average Bonchev–Trinajstić information content (AvgIpc) is 2.44. The molecule has 0 spiro atoms. The molecule has 0 bridgehead atoms. The van der Waals surface area contributed by atoms with Crippen molar-refractivity contribution in [1.29, 1.82) is 0 Å². The summed E-state index contributed by atoms with van der Waals surface area (Å²) in [5.41, 5.74) is 5.36. The molecular weight excluding hydrogens is 254 g/mol. The van der Waals surface area contributed by atoms with Gasteiger partial charge >= 0.3 is 0 Å². The molecule has 1 aromatic heterocycles. The van der Waals surface area contributed by atoms with Crippen LogP contribution in [0.25, 0.3) is 22.4 Å². The third-order valence-electron chi connectivity index (χ3n) is 3.43. The summed E-state index contributed by atoms with van der Waals surface area (Å²) in [6.07, 6.45) is 3.61. The summed E-state index contributed by atoms with van der Waals surface area (Å²) >= 11 is 1.69. The van der Waals surface area contributed by atoms with Gasteiger partial charge in [0.05, 0.1) is 12.7 Å². The van der Waals surface area contributed by atoms with Crippen molar-refractivity contribution < 1.29 is 4.74 Å². The van der Waals surface area contributed by atoms with Gasteiger partial charge in [0.1, 0.15) is 17.0 Å². The summed E-state index contributed by atoms with van der Waals surface area (Å²) in [5.74, 6) is 0.949. The Morgan fingerprint density at radius 1 is 1.05 bits per heavy atom. The van der Waals surface area contributed by atoms with Gasteiger partial charge in [-0.25, -0.2) is 4.98 Å². The Balaban J connectivity index is 2.99. The van der Waals surface area contributed by atoms with Crippen molar-refractivity contribution in [2.45, 2.75) is 20.8 Å². The molecule has 0 aliphatic carbocycles. The third-order valence-corrected chi connectivity index (χ3v) is 4.73. The van der Waals surface area contributed by atoms with Crippen LogP contribution < -0.4 is 4.74 Å². The maximum Gasteiger partial charge on any atom is 0.263 e. The van der Waals surface area contributed by atoms with Gasteiger partial charge in [-0.1, -0.05) is 13.2 Å². The number of rotatable bonds is 3. The van der Waals surface area contributed by atoms with Crippen LogP contribution in [0, 0.1) is 20.8 Å². The number of fused-ring (bicyclic) bond motifs is 1. The summed E-state index contributed by atoms with van der Waals surface area (Å²) in [5, 5.41) is 0. The predicted octanol–water partition coefficient (Wildman–Crippen LogP) is 4.80. The molecule has 2 rings (SSSR count). The van der Waals surface area contributed by atoms with Crippen molar-refractivity contribution in [3.63, 3.8) is 0 Å². The summed E-state index contributed by atoms with van der Waals surface area (Å²) in [7, 11) is 1.71. The molecule has 0 unspecified atom stereocenters. The van der Waals surface area contributed by atoms with Gasteiger partial charge in [0.15, 0.2) is 0 Å². The summed E-state index contributed by atoms with van der Waals surface area (Å²) in [6.45, 7) is 13.9. The normalized spacial score (nSPS) is 10.5. The molecule has 2 aromatic rings. The Hall–Kier alpha value is -1.74. The van der Waals surface area contributed by atoms with Crippen molar-refractivity contribution in [2.24, 2.45) is 0 Å². The Morgan fingerprint density at radius 2 is 1.74 bits per heavy atom. The predicted molar refractivity (Wildman–Crippen MR) is 85.0 cm³/mol. The largest absolute Gasteiger partial charge is 0.496 e. The number of benzene rings is 1. The van der Waals surface area contributed by atoms with E-state index in [1.807, 2.05) is 6.08 Å². The van der Waals surface area contributed by atoms with Crippen LogP contribution in [0.5, 0.6) is 5.75 Å². The summed E-state index contributed by atoms with van der Waals surface area (Å²) < 4.78 is 6.68. The molecule has 1 aromatic carbocycles. The zero-order valence-corrected chi connectivity index (χ0v) is 12.6. The SMILES string of the molecule is C=Cc1nc2c(C)c(C)c(OC)c(C)c2[s+]c1C=C. The smallest absolute Gasteiger partial charge is 0.263 e. The second-order valence-corrected chi connectivity index (χ2v) is 5.51. The van der Waals surface area contributed by atoms with Gasteiger partial charge in [0, 0.05) is 0 Å². The highest BCUT2D eigenvalue weighted by Crippen LogP contribution is 2.37. The first kappa shape index (κ1) is 13.7. The van der Waals surface area contributed by atoms with E-state index in [-0.39, 0.29) is 0 Å². The zero-order chi connectivity index (χ0) is 14.2. The monoisotopic (exact) mass is 272 g/mol. The lowest BCUT2D eigenvalue weighted by Crippen LogP contribution is -1.98. The molecule has 3 heteroatoms. The molecule has 0 aliphatic rings. The number of aromatic nitrogens is 1. The van der Waals surface area contributed by atoms with E-state index in [4.69, 9.17) is 9.72 Å². The standard InChI is InChI=1S/C16H18NOS/c1-7-12-13(8-2)19-16-11(5)15(18-6)10(4)9(3)14(16)17-12/h7-8H,1-2H2,3-6H3/q+1. The molecule has 0 fully saturated rings. The van der Waals surface area contributed by atoms with Crippen molar-refractivity contribution in [3.05, 3.63) is 40.4 Å². The van der Waals surface area contributed by atoms with Gasteiger partial charge in [-0.15, -0.1) is 0 Å². The quantitative estimate of drug-likeness (QED) is 0.749. The molecule has 0 aliphatic heterocycles. The maximum absolute atomic E-state index is 5.53. The molecule has 0 N–H and O–H groups in total. The maximum atomic E-state index is 5.53. The molecule has 0 amide bonds. The minimum atomic E-state index is 0.888. The molecule has 0 saturated carbocycles. The molecule has 0 atom stereocenters. The number of hydrogen-bond donors (Lipinski definition) is 0. The lowest BCUT2D eigenvalue weighted by atomic mass is 10.0. The molecule has 2 nitrogen and oxygen atoms in total. The van der Waals surface area contributed by atoms with Gasteiger partial charge in [0.25, 0.3) is 9.58 Å². The first-order valence-electron chi connectivity index (χ1n) is 6.11. The van der Waals surface area contributed by atoms with Crippen LogP contribution in [-0.4, -0.2) is 12.1 Å². The molecule has 0 radical (unpaired) electrons. The van der Waals surface area contributed by atoms with E-state index in [0.29, 0.717) is 0 Å². The first-order valence-corrected chi connectivity index (χ1v) is 6.93. The second-order valence-electron chi connectivity index (χ2n) is 4.46. The van der Waals surface area contributed by atoms with Crippen molar-refractivity contribution >= 4 is 33.7 Å². The number of nitrogens with zero attached hydrogens (tertiary/aromatic N) is 1. The van der Waals surface area contributed by atoms with Gasteiger partial charge in [0.2, 0.25) is 11.3 Å². The number of hydrogen-bond acceptors (Lipinski definition) is 2. The molecule has 98 valence electrons. The van der Waals surface area contributed by atoms with Crippen LogP contribution >= 0.6 is 11.3 Å². The Bertz CT molecular complexity index is 689. The van der Waals surface area contributed by atoms with E-state index in [1.165, 1.54) is 0 Å². The Labute approximate surface area is 118 Å². The highest BCUT2D eigenvalue weighted by Gasteiger charge is 2.23. The Morgan fingerprint density at radius 3 is 2.26 bits per heavy atom. The van der Waals surface area contributed by atoms with Crippen molar-refractivity contribution in [1.82, 2.24) is 4.98 Å². The minimum absolute atomic E-state index is 0.888. The molecule has 0 saturated heterocycles. The van der Waals surface area contributed by atoms with Crippen LogP contribution in [0.4, 0.5) is 0 Å². The third kappa shape index (κ3) is 2.04. The van der Waals surface area contributed by atoms with Crippen LogP contribution in [0.15, 0.2) is 13.2 Å². The number of aryl methyl sites for hydroxylation is 2. The van der Waals surface area contributed by atoms with Crippen molar-refractivity contribution in [2.75, 3.05) is 7.11 Å². The highest BCUT2D eigenvalue weighted by molar-refractivity contribution is 7.19. The van der Waals surface area contributed by atoms with E-state index in [0.717, 1.165) is 43.2 Å². The van der Waals surface area contributed by atoms with Gasteiger partial charge < -0.3 is 4.74 Å². The Kier molecular flexibility index (Phi) is 3.67.